The van der Waals surface area contributed by atoms with Gasteiger partial charge in [0.05, 0.1) is 60.0 Å². The summed E-state index contributed by atoms with van der Waals surface area (Å²) in [5, 5.41) is 108. The number of ether oxygens (including phenoxy) is 5. The molecular formula is C70H89N3O14. The zero-order valence-electron chi connectivity index (χ0n) is 50.4. The lowest BCUT2D eigenvalue weighted by Crippen LogP contribution is -2.71. The molecule has 2 aromatic carbocycles. The Morgan fingerprint density at radius 1 is 1.03 bits per heavy atom. The molecule has 0 unspecified atom stereocenters. The Labute approximate surface area is 511 Å². The Morgan fingerprint density at radius 3 is 2.57 bits per heavy atom. The number of aromatic nitrogens is 1. The molecule has 12 rings (SSSR count). The van der Waals surface area contributed by atoms with Crippen LogP contribution in [0, 0.1) is 69.7 Å². The van der Waals surface area contributed by atoms with Crippen molar-refractivity contribution in [2.45, 2.75) is 188 Å². The number of fused-ring (bicyclic) bond motifs is 7. The van der Waals surface area contributed by atoms with E-state index in [4.69, 9.17) is 23.7 Å². The number of rotatable bonds is 20. The van der Waals surface area contributed by atoms with Crippen molar-refractivity contribution in [1.29, 1.82) is 5.26 Å². The number of aliphatic hydroxyl groups is 7. The molecule has 1 saturated heterocycles. The Morgan fingerprint density at radius 2 is 1.85 bits per heavy atom. The maximum atomic E-state index is 14.0. The lowest BCUT2D eigenvalue weighted by atomic mass is 9.52. The first kappa shape index (κ1) is 62.8. The third-order valence-corrected chi connectivity index (χ3v) is 21.8. The van der Waals surface area contributed by atoms with Gasteiger partial charge in [-0.2, -0.15) is 5.26 Å². The van der Waals surface area contributed by atoms with Crippen LogP contribution in [0.5, 0.6) is 5.75 Å². The number of aliphatic hydroxyl groups excluding tert-OH is 6. The smallest absolute Gasteiger partial charge is 0.335 e. The molecule has 468 valence electrons. The molecule has 87 heavy (non-hydrogen) atoms. The number of carboxylic acid groups (broad SMARTS) is 1. The van der Waals surface area contributed by atoms with Gasteiger partial charge in [-0.05, 0) is 160 Å². The fourth-order valence-electron chi connectivity index (χ4n) is 17.7. The molecule has 3 aromatic rings. The highest BCUT2D eigenvalue weighted by molar-refractivity contribution is 5.87. The molecule has 0 amide bonds. The van der Waals surface area contributed by atoms with E-state index in [-0.39, 0.29) is 105 Å². The summed E-state index contributed by atoms with van der Waals surface area (Å²) in [4.78, 5) is 12.0. The second kappa shape index (κ2) is 26.0. The lowest BCUT2D eigenvalue weighted by molar-refractivity contribution is -0.337. The van der Waals surface area contributed by atoms with Crippen molar-refractivity contribution in [3.05, 3.63) is 138 Å². The highest BCUT2D eigenvalue weighted by Crippen LogP contribution is 2.74. The molecule has 6 heterocycles. The zero-order chi connectivity index (χ0) is 61.4. The Bertz CT molecular complexity index is 3140. The molecule has 3 spiro atoms. The third kappa shape index (κ3) is 11.9. The molecule has 0 radical (unpaired) electrons. The van der Waals surface area contributed by atoms with E-state index in [1.165, 1.54) is 0 Å². The van der Waals surface area contributed by atoms with E-state index in [0.717, 1.165) is 48.8 Å². The van der Waals surface area contributed by atoms with Gasteiger partial charge in [-0.3, -0.25) is 0 Å². The minimum atomic E-state index is -1.97. The van der Waals surface area contributed by atoms with Crippen molar-refractivity contribution in [3.8, 4) is 23.8 Å². The molecular weight excluding hydrogens is 1110 g/mol. The number of carboxylic acids is 1. The van der Waals surface area contributed by atoms with Gasteiger partial charge in [0.2, 0.25) is 6.29 Å². The summed E-state index contributed by atoms with van der Waals surface area (Å²) in [6.45, 7) is 7.75. The normalized spacial score (nSPS) is 37.6. The zero-order valence-corrected chi connectivity index (χ0v) is 50.4. The van der Waals surface area contributed by atoms with Crippen LogP contribution in [0.1, 0.15) is 142 Å². The fourth-order valence-corrected chi connectivity index (χ4v) is 17.7. The van der Waals surface area contributed by atoms with Gasteiger partial charge in [-0.25, -0.2) is 4.79 Å². The van der Waals surface area contributed by atoms with Gasteiger partial charge in [0.25, 0.3) is 0 Å². The molecule has 21 atom stereocenters. The van der Waals surface area contributed by atoms with Gasteiger partial charge in [-0.15, -0.1) is 6.58 Å². The van der Waals surface area contributed by atoms with Crippen molar-refractivity contribution >= 4 is 5.97 Å². The number of hydrogen-bond donors (Lipinski definition) is 9. The summed E-state index contributed by atoms with van der Waals surface area (Å²) < 4.78 is 35.8. The molecule has 3 bridgehead atoms. The first-order valence-electron chi connectivity index (χ1n) is 31.7. The summed E-state index contributed by atoms with van der Waals surface area (Å²) in [5.74, 6) is 2.07. The van der Waals surface area contributed by atoms with Gasteiger partial charge in [0.1, 0.15) is 42.3 Å². The van der Waals surface area contributed by atoms with E-state index in [0.29, 0.717) is 55.1 Å². The average molecular weight is 1200 g/mol. The molecule has 17 heteroatoms. The van der Waals surface area contributed by atoms with Crippen molar-refractivity contribution in [2.24, 2.45) is 46.3 Å². The van der Waals surface area contributed by atoms with E-state index < -0.39 is 77.5 Å². The van der Waals surface area contributed by atoms with Crippen LogP contribution in [-0.4, -0.2) is 145 Å². The van der Waals surface area contributed by atoms with Crippen molar-refractivity contribution in [1.82, 2.24) is 9.88 Å². The van der Waals surface area contributed by atoms with Crippen LogP contribution in [0.4, 0.5) is 0 Å². The molecule has 1 aromatic heterocycles. The van der Waals surface area contributed by atoms with Crippen LogP contribution in [0.15, 0.2) is 110 Å². The number of aromatic carboxylic acids is 1. The standard InChI is InChI=1S/C70H89N3O14/c1-5-9-45-18-20-51(33-48(45)32-49(40-83-4)58(39-75)73-29-26-44(37-71)38-73)85-66-70-36-55(59(77)11-8-31-84-60(12-7-30-74)63(86-66)62(78)64(70)79)67(34-52(87-70)21-24-56-42(2)13-23-57(72-56)43(3)76)28-25-61-68(82,41-67)35-54-53(22-19-50-10-6-27-69(50,54)61)46-14-16-47(17-15-46)65(80)81/h5,13-18,20,23,25-26,28-29,33-34,38,42-43,49-50,53-64,66,72,74-79,82H,1,6-7,9-12,19,21-22,24,27,30,32,35-36,39-41H2,2-4H3,(H,80,81)/t42-,43-,49-,50-,53-,54-,55+,56+,57+,58+,59+,60-,61+,62+,63+,64-,66-,67-,68+,69+,70+/m0/s1. The minimum absolute atomic E-state index is 0.0552. The van der Waals surface area contributed by atoms with E-state index in [9.17, 15) is 50.9 Å². The van der Waals surface area contributed by atoms with Gasteiger partial charge in [0, 0.05) is 74.6 Å². The van der Waals surface area contributed by atoms with E-state index in [2.05, 4.69) is 61.2 Å². The summed E-state index contributed by atoms with van der Waals surface area (Å²) in [6.07, 6.45) is 17.2. The maximum Gasteiger partial charge on any atom is 0.335 e. The van der Waals surface area contributed by atoms with Crippen molar-refractivity contribution in [2.75, 3.05) is 26.9 Å². The van der Waals surface area contributed by atoms with E-state index in [1.54, 1.807) is 44.6 Å². The van der Waals surface area contributed by atoms with Crippen LogP contribution < -0.4 is 10.1 Å². The highest BCUT2D eigenvalue weighted by Gasteiger charge is 2.71. The summed E-state index contributed by atoms with van der Waals surface area (Å²) in [5.41, 5.74) is -1.11. The van der Waals surface area contributed by atoms with Gasteiger partial charge >= 0.3 is 5.97 Å². The quantitative estimate of drug-likeness (QED) is 0.0390. The SMILES string of the molecule is C=CCc1ccc(O[C@H]2O[C@H]3[C@@H](O)[C@H](O)[C@]24C[C@H]([C@H](O)CC#CO[C@H]3CCCO)[C@@]2(C=C[C@@H]3[C@@](O)(C[C@H]5[C@H](c6ccc(C(=O)O)cc6)CC[C@@H]6CCC[C@]635)C2)C=C(CC[C@H]2N[C@@H]([C@H](C)O)C=C[C@@H]2C)O4)cc1C[C@@H](COC)[C@@H](CO)n1ccc(C#N)c1. The van der Waals surface area contributed by atoms with Crippen LogP contribution in [0.3, 0.4) is 0 Å². The number of methoxy groups -OCH3 is 1. The fraction of sp³-hybridized carbons (Fsp3) is 0.600. The molecule has 9 aliphatic rings. The predicted octanol–water partition coefficient (Wildman–Crippen LogP) is 7.56. The van der Waals surface area contributed by atoms with Gasteiger partial charge in [-0.1, -0.05) is 67.8 Å². The monoisotopic (exact) mass is 1200 g/mol. The molecule has 3 saturated carbocycles. The van der Waals surface area contributed by atoms with Crippen LogP contribution in [-0.2, 0) is 31.8 Å². The molecule has 9 N–H and O–H groups in total. The number of benzene rings is 2. The lowest BCUT2D eigenvalue weighted by Gasteiger charge is -2.54. The van der Waals surface area contributed by atoms with Gasteiger partial charge in [0.15, 0.2) is 5.60 Å². The second-order valence-corrected chi connectivity index (χ2v) is 26.8. The summed E-state index contributed by atoms with van der Waals surface area (Å²) in [7, 11) is 1.61. The van der Waals surface area contributed by atoms with Crippen LogP contribution >= 0.6 is 0 Å². The van der Waals surface area contributed by atoms with Gasteiger partial charge < -0.3 is 74.4 Å². The maximum absolute atomic E-state index is 14.0. The average Bonchev–Trinajstić information content (AvgIpc) is 1.56. The number of nitrogens with zero attached hydrogens (tertiary/aromatic N) is 2. The minimum Gasteiger partial charge on any atom is -0.482 e. The highest BCUT2D eigenvalue weighted by atomic mass is 16.7. The number of nitrogens with one attached hydrogen (secondary N) is 1. The Kier molecular flexibility index (Phi) is 18.7. The first-order chi connectivity index (χ1) is 41.9. The molecule has 4 fully saturated rings. The van der Waals surface area contributed by atoms with Crippen LogP contribution in [0.25, 0.3) is 0 Å². The number of nitriles is 1. The molecule has 5 aliphatic heterocycles. The molecule has 4 aliphatic carbocycles. The summed E-state index contributed by atoms with van der Waals surface area (Å²) >= 11 is 0. The van der Waals surface area contributed by atoms with E-state index in [1.807, 2.05) is 47.1 Å². The largest absolute Gasteiger partial charge is 0.482 e. The van der Waals surface area contributed by atoms with Crippen molar-refractivity contribution in [3.63, 3.8) is 0 Å². The van der Waals surface area contributed by atoms with Crippen molar-refractivity contribution < 1.29 is 69.3 Å². The summed E-state index contributed by atoms with van der Waals surface area (Å²) in [6, 6.07) is 15.9. The Balaban J connectivity index is 1.04. The third-order valence-electron chi connectivity index (χ3n) is 21.8. The Hall–Kier alpha value is -5.80. The number of hydrogen-bond acceptors (Lipinski definition) is 15. The number of carbonyl (C=O) groups is 1. The molecule has 17 nitrogen and oxygen atoms in total. The first-order valence-corrected chi connectivity index (χ1v) is 31.7. The van der Waals surface area contributed by atoms with E-state index >= 15 is 0 Å². The number of allylic oxidation sites excluding steroid dienone is 4. The van der Waals surface area contributed by atoms with Crippen LogP contribution in [0.2, 0.25) is 0 Å². The predicted molar refractivity (Wildman–Crippen MR) is 323 cm³/mol. The second-order valence-electron chi connectivity index (χ2n) is 26.8. The topological polar surface area (TPSA) is 266 Å².